The molecule has 0 heterocycles. The summed E-state index contributed by atoms with van der Waals surface area (Å²) in [6.07, 6.45) is 1.78. The summed E-state index contributed by atoms with van der Waals surface area (Å²) in [4.78, 5) is 2.26. The summed E-state index contributed by atoms with van der Waals surface area (Å²) in [6.45, 7) is 3.18. The fourth-order valence-electron chi connectivity index (χ4n) is 2.71. The molecule has 0 radical (unpaired) electrons. The van der Waals surface area contributed by atoms with Crippen LogP contribution in [0, 0.1) is 0 Å². The zero-order valence-corrected chi connectivity index (χ0v) is 12.9. The Morgan fingerprint density at radius 3 is 1.95 bits per heavy atom. The van der Waals surface area contributed by atoms with Crippen LogP contribution in [0.4, 0.5) is 0 Å². The van der Waals surface area contributed by atoms with Gasteiger partial charge in [-0.05, 0) is 31.1 Å². The summed E-state index contributed by atoms with van der Waals surface area (Å²) in [6, 6.07) is 20.2. The number of nitrogens with zero attached hydrogens (tertiary/aromatic N) is 1. The predicted octanol–water partition coefficient (Wildman–Crippen LogP) is 4.19. The van der Waals surface area contributed by atoms with E-state index in [2.05, 4.69) is 31.0 Å². The third-order valence-corrected chi connectivity index (χ3v) is 3.92. The number of benzene rings is 2. The van der Waals surface area contributed by atoms with Gasteiger partial charge in [-0.15, -0.1) is 0 Å². The normalized spacial score (nSPS) is 14.1. The lowest BCUT2D eigenvalue weighted by atomic mass is 9.94. The highest BCUT2D eigenvalue weighted by Gasteiger charge is 2.26. The Balaban J connectivity index is 2.27. The Bertz CT molecular complexity index is 512. The summed E-state index contributed by atoms with van der Waals surface area (Å²) >= 11 is 0. The van der Waals surface area contributed by atoms with Gasteiger partial charge in [-0.3, -0.25) is 4.90 Å². The smallest absolute Gasteiger partial charge is 0.0986 e. The van der Waals surface area contributed by atoms with E-state index < -0.39 is 6.10 Å². The Kier molecular flexibility index (Phi) is 5.97. The van der Waals surface area contributed by atoms with Gasteiger partial charge in [0, 0.05) is 0 Å². The predicted molar refractivity (Wildman–Crippen MR) is 88.1 cm³/mol. The first-order valence-electron chi connectivity index (χ1n) is 7.72. The molecule has 0 amide bonds. The summed E-state index contributed by atoms with van der Waals surface area (Å²) in [5.74, 6) is 0. The minimum absolute atomic E-state index is 0.0138. The fourth-order valence-corrected chi connectivity index (χ4v) is 2.71. The maximum absolute atomic E-state index is 10.9. The topological polar surface area (TPSA) is 23.5 Å². The minimum Gasteiger partial charge on any atom is -0.386 e. The summed E-state index contributed by atoms with van der Waals surface area (Å²) < 4.78 is 0. The van der Waals surface area contributed by atoms with Crippen molar-refractivity contribution in [1.82, 2.24) is 4.90 Å². The SMILES string of the molecule is CCCCN(C)[C@@H](c1ccccc1)[C@H](O)c1ccccc1. The molecule has 0 saturated heterocycles. The molecule has 1 N–H and O–H groups in total. The minimum atomic E-state index is -0.518. The van der Waals surface area contributed by atoms with Crippen LogP contribution in [0.2, 0.25) is 0 Å². The van der Waals surface area contributed by atoms with Gasteiger partial charge in [0.2, 0.25) is 0 Å². The van der Waals surface area contributed by atoms with Gasteiger partial charge in [-0.1, -0.05) is 74.0 Å². The number of aliphatic hydroxyl groups excluding tert-OH is 1. The lowest BCUT2D eigenvalue weighted by Gasteiger charge is -2.32. The Morgan fingerprint density at radius 2 is 1.43 bits per heavy atom. The van der Waals surface area contributed by atoms with Crippen LogP contribution < -0.4 is 0 Å². The first-order chi connectivity index (χ1) is 10.2. The molecule has 0 unspecified atom stereocenters. The Morgan fingerprint density at radius 1 is 0.905 bits per heavy atom. The second-order valence-corrected chi connectivity index (χ2v) is 5.55. The molecule has 112 valence electrons. The van der Waals surface area contributed by atoms with E-state index in [0.717, 1.165) is 30.5 Å². The van der Waals surface area contributed by atoms with E-state index >= 15 is 0 Å². The molecule has 0 bridgehead atoms. The lowest BCUT2D eigenvalue weighted by Crippen LogP contribution is -2.30. The van der Waals surface area contributed by atoms with Crippen LogP contribution in [0.1, 0.15) is 43.0 Å². The molecule has 0 aliphatic carbocycles. The number of hydrogen-bond donors (Lipinski definition) is 1. The molecular weight excluding hydrogens is 258 g/mol. The van der Waals surface area contributed by atoms with Crippen molar-refractivity contribution in [2.45, 2.75) is 31.9 Å². The molecule has 2 nitrogen and oxygen atoms in total. The molecule has 2 rings (SSSR count). The highest BCUT2D eigenvalue weighted by atomic mass is 16.3. The van der Waals surface area contributed by atoms with Crippen molar-refractivity contribution < 1.29 is 5.11 Å². The summed E-state index contributed by atoms with van der Waals surface area (Å²) in [5.41, 5.74) is 2.13. The second-order valence-electron chi connectivity index (χ2n) is 5.55. The molecule has 2 aromatic rings. The lowest BCUT2D eigenvalue weighted by molar-refractivity contribution is 0.0612. The van der Waals surface area contributed by atoms with Crippen LogP contribution in [-0.2, 0) is 0 Å². The van der Waals surface area contributed by atoms with Gasteiger partial charge in [0.15, 0.2) is 0 Å². The third kappa shape index (κ3) is 4.16. The van der Waals surface area contributed by atoms with Gasteiger partial charge in [0.25, 0.3) is 0 Å². The molecular formula is C19H25NO. The van der Waals surface area contributed by atoms with Gasteiger partial charge in [0.05, 0.1) is 12.1 Å². The Labute approximate surface area is 128 Å². The first-order valence-corrected chi connectivity index (χ1v) is 7.72. The van der Waals surface area contributed by atoms with Crippen molar-refractivity contribution in [1.29, 1.82) is 0 Å². The van der Waals surface area contributed by atoms with Crippen LogP contribution in [0.15, 0.2) is 60.7 Å². The highest BCUT2D eigenvalue weighted by Crippen LogP contribution is 2.33. The number of unbranched alkanes of at least 4 members (excludes halogenated alkanes) is 1. The molecule has 0 aliphatic rings. The zero-order chi connectivity index (χ0) is 15.1. The molecule has 2 aromatic carbocycles. The average molecular weight is 283 g/mol. The van der Waals surface area contributed by atoms with E-state index in [9.17, 15) is 5.11 Å². The zero-order valence-electron chi connectivity index (χ0n) is 12.9. The largest absolute Gasteiger partial charge is 0.386 e. The maximum Gasteiger partial charge on any atom is 0.0986 e. The number of aliphatic hydroxyl groups is 1. The van der Waals surface area contributed by atoms with E-state index in [4.69, 9.17) is 0 Å². The standard InChI is InChI=1S/C19H25NO/c1-3-4-15-20(2)18(16-11-7-5-8-12-16)19(21)17-13-9-6-10-14-17/h5-14,18-19,21H,3-4,15H2,1-2H3/t18-,19+/m0/s1. The van der Waals surface area contributed by atoms with Crippen molar-refractivity contribution >= 4 is 0 Å². The van der Waals surface area contributed by atoms with Crippen molar-refractivity contribution in [2.75, 3.05) is 13.6 Å². The van der Waals surface area contributed by atoms with Crippen LogP contribution in [0.3, 0.4) is 0 Å². The number of rotatable bonds is 7. The maximum atomic E-state index is 10.9. The van der Waals surface area contributed by atoms with Crippen molar-refractivity contribution in [3.8, 4) is 0 Å². The van der Waals surface area contributed by atoms with Crippen molar-refractivity contribution in [2.24, 2.45) is 0 Å². The molecule has 0 spiro atoms. The fraction of sp³-hybridized carbons (Fsp3) is 0.368. The third-order valence-electron chi connectivity index (χ3n) is 3.92. The molecule has 21 heavy (non-hydrogen) atoms. The molecule has 0 fully saturated rings. The quantitative estimate of drug-likeness (QED) is 0.823. The molecule has 0 saturated carbocycles. The Hall–Kier alpha value is -1.64. The van der Waals surface area contributed by atoms with Gasteiger partial charge >= 0.3 is 0 Å². The van der Waals surface area contributed by atoms with E-state index in [1.54, 1.807) is 0 Å². The van der Waals surface area contributed by atoms with Gasteiger partial charge in [0.1, 0.15) is 0 Å². The average Bonchev–Trinajstić information content (AvgIpc) is 2.55. The molecule has 2 atom stereocenters. The van der Waals surface area contributed by atoms with E-state index in [1.165, 1.54) is 0 Å². The van der Waals surface area contributed by atoms with E-state index in [-0.39, 0.29) is 6.04 Å². The van der Waals surface area contributed by atoms with Crippen LogP contribution in [-0.4, -0.2) is 23.6 Å². The van der Waals surface area contributed by atoms with Gasteiger partial charge in [-0.25, -0.2) is 0 Å². The van der Waals surface area contributed by atoms with E-state index in [0.29, 0.717) is 0 Å². The van der Waals surface area contributed by atoms with Gasteiger partial charge in [-0.2, -0.15) is 0 Å². The molecule has 2 heteroatoms. The summed E-state index contributed by atoms with van der Waals surface area (Å²) in [7, 11) is 2.10. The highest BCUT2D eigenvalue weighted by molar-refractivity contribution is 5.26. The van der Waals surface area contributed by atoms with Crippen molar-refractivity contribution in [3.05, 3.63) is 71.8 Å². The molecule has 0 aromatic heterocycles. The molecule has 0 aliphatic heterocycles. The number of likely N-dealkylation sites (N-methyl/N-ethyl adjacent to an activating group) is 1. The summed E-state index contributed by atoms with van der Waals surface area (Å²) in [5, 5.41) is 10.9. The van der Waals surface area contributed by atoms with Crippen LogP contribution in [0.25, 0.3) is 0 Å². The first kappa shape index (κ1) is 15.7. The van der Waals surface area contributed by atoms with Crippen molar-refractivity contribution in [3.63, 3.8) is 0 Å². The van der Waals surface area contributed by atoms with E-state index in [1.807, 2.05) is 48.5 Å². The van der Waals surface area contributed by atoms with Crippen LogP contribution in [0.5, 0.6) is 0 Å². The second kappa shape index (κ2) is 7.96. The number of hydrogen-bond acceptors (Lipinski definition) is 2. The van der Waals surface area contributed by atoms with Crippen LogP contribution >= 0.6 is 0 Å². The van der Waals surface area contributed by atoms with Gasteiger partial charge < -0.3 is 5.11 Å². The monoisotopic (exact) mass is 283 g/mol.